The summed E-state index contributed by atoms with van der Waals surface area (Å²) in [6.45, 7) is 2.03. The van der Waals surface area contributed by atoms with Crippen LogP contribution in [0.15, 0.2) is 23.1 Å². The standard InChI is InChI=1S/C12H14ClNO4S/c1-2-3-4-11-12(15)14-9-7-8(19(13,16)17)5-6-10(9)18-11/h5-7,11H,2-4H2,1H3,(H,14,15). The number of hydrogen-bond donors (Lipinski definition) is 1. The molecule has 0 bridgehead atoms. The molecule has 1 aliphatic heterocycles. The smallest absolute Gasteiger partial charge is 0.265 e. The summed E-state index contributed by atoms with van der Waals surface area (Å²) < 4.78 is 28.0. The van der Waals surface area contributed by atoms with E-state index in [1.54, 1.807) is 0 Å². The zero-order valence-corrected chi connectivity index (χ0v) is 11.9. The number of carbonyl (C=O) groups excluding carboxylic acids is 1. The van der Waals surface area contributed by atoms with Crippen LogP contribution < -0.4 is 10.1 Å². The molecule has 1 aromatic rings. The minimum atomic E-state index is -3.82. The minimum Gasteiger partial charge on any atom is -0.478 e. The maximum Gasteiger partial charge on any atom is 0.265 e. The fourth-order valence-electron chi connectivity index (χ4n) is 1.86. The lowest BCUT2D eigenvalue weighted by molar-refractivity contribution is -0.123. The fourth-order valence-corrected chi connectivity index (χ4v) is 2.64. The molecule has 1 atom stereocenters. The van der Waals surface area contributed by atoms with Gasteiger partial charge in [0.05, 0.1) is 10.6 Å². The van der Waals surface area contributed by atoms with Gasteiger partial charge in [-0.2, -0.15) is 0 Å². The molecule has 104 valence electrons. The van der Waals surface area contributed by atoms with Crippen LogP contribution >= 0.6 is 10.7 Å². The van der Waals surface area contributed by atoms with Crippen LogP contribution in [0.1, 0.15) is 26.2 Å². The van der Waals surface area contributed by atoms with Gasteiger partial charge in [0.2, 0.25) is 0 Å². The molecule has 1 heterocycles. The lowest BCUT2D eigenvalue weighted by Gasteiger charge is -2.26. The number of carbonyl (C=O) groups is 1. The van der Waals surface area contributed by atoms with Crippen molar-refractivity contribution in [2.45, 2.75) is 37.2 Å². The molecule has 1 aliphatic rings. The van der Waals surface area contributed by atoms with E-state index in [0.29, 0.717) is 17.9 Å². The van der Waals surface area contributed by atoms with Crippen LogP contribution in [-0.4, -0.2) is 20.4 Å². The number of ether oxygens (including phenoxy) is 1. The monoisotopic (exact) mass is 303 g/mol. The molecular weight excluding hydrogens is 290 g/mol. The Labute approximate surface area is 116 Å². The van der Waals surface area contributed by atoms with Gasteiger partial charge in [-0.05, 0) is 31.0 Å². The third-order valence-electron chi connectivity index (χ3n) is 2.87. The number of unbranched alkanes of at least 4 members (excludes halogenated alkanes) is 1. The summed E-state index contributed by atoms with van der Waals surface area (Å²) in [5.41, 5.74) is 0.333. The summed E-state index contributed by atoms with van der Waals surface area (Å²) in [5.74, 6) is 0.204. The molecular formula is C12H14ClNO4S. The number of amides is 1. The van der Waals surface area contributed by atoms with E-state index in [-0.39, 0.29) is 10.8 Å². The summed E-state index contributed by atoms with van der Waals surface area (Å²) in [5, 5.41) is 2.64. The highest BCUT2D eigenvalue weighted by Gasteiger charge is 2.28. The van der Waals surface area contributed by atoms with E-state index in [1.807, 2.05) is 6.92 Å². The molecule has 0 saturated heterocycles. The molecule has 1 aromatic carbocycles. The Kier molecular flexibility index (Phi) is 4.01. The second-order valence-electron chi connectivity index (χ2n) is 4.33. The van der Waals surface area contributed by atoms with Gasteiger partial charge >= 0.3 is 0 Å². The third kappa shape index (κ3) is 3.19. The van der Waals surface area contributed by atoms with Crippen molar-refractivity contribution < 1.29 is 17.9 Å². The number of fused-ring (bicyclic) bond motifs is 1. The van der Waals surface area contributed by atoms with Gasteiger partial charge in [-0.15, -0.1) is 0 Å². The van der Waals surface area contributed by atoms with Crippen LogP contribution in [0.3, 0.4) is 0 Å². The predicted molar refractivity (Wildman–Crippen MR) is 72.1 cm³/mol. The Morgan fingerprint density at radius 1 is 1.42 bits per heavy atom. The van der Waals surface area contributed by atoms with Gasteiger partial charge in [0.15, 0.2) is 6.10 Å². The van der Waals surface area contributed by atoms with Crippen LogP contribution in [0.5, 0.6) is 5.75 Å². The van der Waals surface area contributed by atoms with Gasteiger partial charge in [0.25, 0.3) is 15.0 Å². The van der Waals surface area contributed by atoms with Gasteiger partial charge in [0, 0.05) is 10.7 Å². The Bertz CT molecular complexity index is 600. The predicted octanol–water partition coefficient (Wildman–Crippen LogP) is 2.50. The summed E-state index contributed by atoms with van der Waals surface area (Å²) in [4.78, 5) is 11.7. The minimum absolute atomic E-state index is 0.0659. The molecule has 19 heavy (non-hydrogen) atoms. The SMILES string of the molecule is CCCCC1Oc2ccc(S(=O)(=O)Cl)cc2NC1=O. The molecule has 7 heteroatoms. The average Bonchev–Trinajstić information content (AvgIpc) is 2.34. The maximum atomic E-state index is 11.8. The number of halogens is 1. The van der Waals surface area contributed by atoms with E-state index in [9.17, 15) is 13.2 Å². The molecule has 0 aliphatic carbocycles. The third-order valence-corrected chi connectivity index (χ3v) is 4.22. The molecule has 0 fully saturated rings. The Morgan fingerprint density at radius 3 is 2.79 bits per heavy atom. The molecule has 2 rings (SSSR count). The molecule has 1 unspecified atom stereocenters. The summed E-state index contributed by atoms with van der Waals surface area (Å²) in [6.07, 6.45) is 1.98. The molecule has 0 saturated carbocycles. The first kappa shape index (κ1) is 14.1. The van der Waals surface area contributed by atoms with E-state index in [4.69, 9.17) is 15.4 Å². The van der Waals surface area contributed by atoms with E-state index in [2.05, 4.69) is 5.32 Å². The largest absolute Gasteiger partial charge is 0.478 e. The van der Waals surface area contributed by atoms with Crippen molar-refractivity contribution in [3.63, 3.8) is 0 Å². The summed E-state index contributed by atoms with van der Waals surface area (Å²) in [7, 11) is 1.44. The first-order valence-corrected chi connectivity index (χ1v) is 8.29. The number of rotatable bonds is 4. The second kappa shape index (κ2) is 5.38. The van der Waals surface area contributed by atoms with Crippen molar-refractivity contribution in [3.05, 3.63) is 18.2 Å². The summed E-state index contributed by atoms with van der Waals surface area (Å²) >= 11 is 0. The number of anilines is 1. The highest BCUT2D eigenvalue weighted by Crippen LogP contribution is 2.33. The van der Waals surface area contributed by atoms with Crippen LogP contribution in [0.4, 0.5) is 5.69 Å². The van der Waals surface area contributed by atoms with Gasteiger partial charge in [-0.25, -0.2) is 8.42 Å². The van der Waals surface area contributed by atoms with Crippen molar-refractivity contribution in [1.29, 1.82) is 0 Å². The van der Waals surface area contributed by atoms with Crippen molar-refractivity contribution in [3.8, 4) is 5.75 Å². The lowest BCUT2D eigenvalue weighted by Crippen LogP contribution is -2.36. The van der Waals surface area contributed by atoms with Crippen molar-refractivity contribution in [1.82, 2.24) is 0 Å². The van der Waals surface area contributed by atoms with E-state index < -0.39 is 15.2 Å². The van der Waals surface area contributed by atoms with Crippen LogP contribution in [-0.2, 0) is 13.8 Å². The Hall–Kier alpha value is -1.27. The lowest BCUT2D eigenvalue weighted by atomic mass is 10.1. The molecule has 1 N–H and O–H groups in total. The van der Waals surface area contributed by atoms with E-state index in [1.165, 1.54) is 18.2 Å². The van der Waals surface area contributed by atoms with Crippen LogP contribution in [0.25, 0.3) is 0 Å². The van der Waals surface area contributed by atoms with E-state index >= 15 is 0 Å². The Morgan fingerprint density at radius 2 is 2.16 bits per heavy atom. The zero-order valence-electron chi connectivity index (χ0n) is 10.3. The molecule has 1 amide bonds. The number of hydrogen-bond acceptors (Lipinski definition) is 4. The van der Waals surface area contributed by atoms with Gasteiger partial charge in [-0.3, -0.25) is 4.79 Å². The summed E-state index contributed by atoms with van der Waals surface area (Å²) in [6, 6.07) is 4.16. The van der Waals surface area contributed by atoms with Crippen LogP contribution in [0.2, 0.25) is 0 Å². The Balaban J connectivity index is 2.26. The quantitative estimate of drug-likeness (QED) is 0.867. The average molecular weight is 304 g/mol. The number of benzene rings is 1. The van der Waals surface area contributed by atoms with Crippen molar-refractivity contribution in [2.24, 2.45) is 0 Å². The van der Waals surface area contributed by atoms with E-state index in [0.717, 1.165) is 12.8 Å². The first-order chi connectivity index (χ1) is 8.91. The van der Waals surface area contributed by atoms with Gasteiger partial charge < -0.3 is 10.1 Å². The molecule has 0 radical (unpaired) electrons. The first-order valence-electron chi connectivity index (χ1n) is 5.98. The topological polar surface area (TPSA) is 72.5 Å². The van der Waals surface area contributed by atoms with Crippen molar-refractivity contribution in [2.75, 3.05) is 5.32 Å². The highest BCUT2D eigenvalue weighted by molar-refractivity contribution is 8.13. The van der Waals surface area contributed by atoms with Crippen LogP contribution in [0, 0.1) is 0 Å². The van der Waals surface area contributed by atoms with Gasteiger partial charge in [0.1, 0.15) is 5.75 Å². The van der Waals surface area contributed by atoms with Crippen molar-refractivity contribution >= 4 is 31.3 Å². The number of nitrogens with one attached hydrogen (secondary N) is 1. The normalized spacial score (nSPS) is 18.4. The molecule has 0 aromatic heterocycles. The molecule has 5 nitrogen and oxygen atoms in total. The maximum absolute atomic E-state index is 11.8. The fraction of sp³-hybridized carbons (Fsp3) is 0.417. The highest BCUT2D eigenvalue weighted by atomic mass is 35.7. The molecule has 0 spiro atoms. The zero-order chi connectivity index (χ0) is 14.0. The van der Waals surface area contributed by atoms with Gasteiger partial charge in [-0.1, -0.05) is 13.3 Å². The second-order valence-corrected chi connectivity index (χ2v) is 6.90.